The Morgan fingerprint density at radius 3 is 2.85 bits per heavy atom. The molecule has 4 rings (SSSR count). The second kappa shape index (κ2) is 7.18. The predicted octanol–water partition coefficient (Wildman–Crippen LogP) is 3.65. The highest BCUT2D eigenvalue weighted by atomic mass is 15.0. The first-order valence-electron chi connectivity index (χ1n) is 9.05. The molecule has 0 fully saturated rings. The lowest BCUT2D eigenvalue weighted by Crippen LogP contribution is -2.20. The Balaban J connectivity index is 1.57. The molecule has 0 unspecified atom stereocenters. The lowest BCUT2D eigenvalue weighted by Gasteiger charge is -2.14. The summed E-state index contributed by atoms with van der Waals surface area (Å²) in [4.78, 5) is 4.75. The lowest BCUT2D eigenvalue weighted by atomic mass is 10.0. The highest BCUT2D eigenvalue weighted by Crippen LogP contribution is 2.24. The van der Waals surface area contributed by atoms with Crippen molar-refractivity contribution in [3.8, 4) is 0 Å². The Bertz CT molecular complexity index is 963. The quantitative estimate of drug-likeness (QED) is 0.742. The van der Waals surface area contributed by atoms with E-state index < -0.39 is 0 Å². The Morgan fingerprint density at radius 1 is 1.27 bits per heavy atom. The molecule has 132 valence electrons. The van der Waals surface area contributed by atoms with Gasteiger partial charge in [-0.3, -0.25) is 0 Å². The molecule has 0 radical (unpaired) electrons. The molecule has 3 heterocycles. The number of aromatic nitrogens is 2. The summed E-state index contributed by atoms with van der Waals surface area (Å²) in [5.41, 5.74) is 6.98. The van der Waals surface area contributed by atoms with Gasteiger partial charge in [-0.25, -0.2) is 4.98 Å². The van der Waals surface area contributed by atoms with Gasteiger partial charge < -0.3 is 15.2 Å². The molecule has 4 nitrogen and oxygen atoms in total. The Labute approximate surface area is 154 Å². The standard InChI is InChI=1S/C22H24N4/c1-16(23-2)18-5-3-17(4-6-18)15-26-12-9-20-13-21(14-25-22(20)26)19-7-10-24-11-8-19/h3-7,9,12-14,23-24H,1,8,10-11,15H2,2H3. The summed E-state index contributed by atoms with van der Waals surface area (Å²) in [5, 5.41) is 7.64. The highest BCUT2D eigenvalue weighted by molar-refractivity contribution is 5.81. The second-order valence-corrected chi connectivity index (χ2v) is 6.69. The summed E-state index contributed by atoms with van der Waals surface area (Å²) >= 11 is 0. The van der Waals surface area contributed by atoms with Crippen LogP contribution in [-0.4, -0.2) is 29.7 Å². The minimum Gasteiger partial charge on any atom is -0.388 e. The van der Waals surface area contributed by atoms with Crippen LogP contribution in [0, 0.1) is 0 Å². The van der Waals surface area contributed by atoms with Crippen LogP contribution in [0.3, 0.4) is 0 Å². The van der Waals surface area contributed by atoms with Crippen LogP contribution in [0.25, 0.3) is 22.3 Å². The van der Waals surface area contributed by atoms with Gasteiger partial charge >= 0.3 is 0 Å². The molecule has 4 heteroatoms. The fourth-order valence-corrected chi connectivity index (χ4v) is 3.42. The van der Waals surface area contributed by atoms with Gasteiger partial charge in [-0.05, 0) is 47.4 Å². The van der Waals surface area contributed by atoms with E-state index in [0.717, 1.165) is 43.0 Å². The molecule has 2 aromatic heterocycles. The molecule has 0 amide bonds. The van der Waals surface area contributed by atoms with Crippen molar-refractivity contribution in [2.45, 2.75) is 13.0 Å². The summed E-state index contributed by atoms with van der Waals surface area (Å²) in [6, 6.07) is 12.9. The molecule has 2 N–H and O–H groups in total. The number of nitrogens with zero attached hydrogens (tertiary/aromatic N) is 2. The van der Waals surface area contributed by atoms with Crippen LogP contribution in [0.2, 0.25) is 0 Å². The SMILES string of the molecule is C=C(NC)c1ccc(Cn2ccc3cc(C4=CCNCC4)cnc32)cc1. The van der Waals surface area contributed by atoms with Gasteiger partial charge in [0.2, 0.25) is 0 Å². The maximum atomic E-state index is 4.75. The monoisotopic (exact) mass is 344 g/mol. The second-order valence-electron chi connectivity index (χ2n) is 6.69. The number of benzene rings is 1. The topological polar surface area (TPSA) is 41.9 Å². The van der Waals surface area contributed by atoms with E-state index in [1.165, 1.54) is 22.1 Å². The van der Waals surface area contributed by atoms with Gasteiger partial charge in [0.15, 0.2) is 0 Å². The van der Waals surface area contributed by atoms with Gasteiger partial charge in [-0.1, -0.05) is 36.9 Å². The summed E-state index contributed by atoms with van der Waals surface area (Å²) in [7, 11) is 1.89. The van der Waals surface area contributed by atoms with Crippen LogP contribution < -0.4 is 10.6 Å². The van der Waals surface area contributed by atoms with Crippen molar-refractivity contribution in [2.75, 3.05) is 20.1 Å². The average Bonchev–Trinajstić information content (AvgIpc) is 3.10. The van der Waals surface area contributed by atoms with Crippen molar-refractivity contribution in [2.24, 2.45) is 0 Å². The first kappa shape index (κ1) is 16.6. The number of fused-ring (bicyclic) bond motifs is 1. The zero-order valence-corrected chi connectivity index (χ0v) is 15.1. The zero-order valence-electron chi connectivity index (χ0n) is 15.1. The normalized spacial score (nSPS) is 14.3. The Morgan fingerprint density at radius 2 is 2.12 bits per heavy atom. The van der Waals surface area contributed by atoms with Crippen LogP contribution in [-0.2, 0) is 6.54 Å². The number of nitrogens with one attached hydrogen (secondary N) is 2. The van der Waals surface area contributed by atoms with Crippen molar-refractivity contribution >= 4 is 22.3 Å². The first-order valence-corrected chi connectivity index (χ1v) is 9.05. The molecule has 1 aromatic carbocycles. The van der Waals surface area contributed by atoms with Crippen molar-refractivity contribution in [3.63, 3.8) is 0 Å². The van der Waals surface area contributed by atoms with Gasteiger partial charge in [0, 0.05) is 43.6 Å². The third-order valence-electron chi connectivity index (χ3n) is 4.99. The predicted molar refractivity (Wildman–Crippen MR) is 109 cm³/mol. The number of pyridine rings is 1. The zero-order chi connectivity index (χ0) is 17.9. The summed E-state index contributed by atoms with van der Waals surface area (Å²) < 4.78 is 2.21. The molecule has 0 spiro atoms. The van der Waals surface area contributed by atoms with E-state index in [1.807, 2.05) is 13.2 Å². The van der Waals surface area contributed by atoms with Crippen LogP contribution in [0.1, 0.15) is 23.1 Å². The molecule has 0 aliphatic carbocycles. The summed E-state index contributed by atoms with van der Waals surface area (Å²) in [5.74, 6) is 0. The largest absolute Gasteiger partial charge is 0.388 e. The maximum Gasteiger partial charge on any atom is 0.140 e. The lowest BCUT2D eigenvalue weighted by molar-refractivity contribution is 0.738. The van der Waals surface area contributed by atoms with Crippen LogP contribution in [0.5, 0.6) is 0 Å². The van der Waals surface area contributed by atoms with Gasteiger partial charge in [-0.2, -0.15) is 0 Å². The van der Waals surface area contributed by atoms with E-state index in [9.17, 15) is 0 Å². The molecule has 26 heavy (non-hydrogen) atoms. The van der Waals surface area contributed by atoms with E-state index in [2.05, 4.69) is 70.5 Å². The van der Waals surface area contributed by atoms with Crippen LogP contribution >= 0.6 is 0 Å². The first-order chi connectivity index (χ1) is 12.7. The molecule has 1 aliphatic heterocycles. The van der Waals surface area contributed by atoms with E-state index >= 15 is 0 Å². The minimum atomic E-state index is 0.814. The number of hydrogen-bond donors (Lipinski definition) is 2. The molecule has 0 saturated heterocycles. The van der Waals surface area contributed by atoms with Gasteiger partial charge in [0.25, 0.3) is 0 Å². The molecule has 0 bridgehead atoms. The van der Waals surface area contributed by atoms with Crippen molar-refractivity contribution in [1.29, 1.82) is 0 Å². The Hall–Kier alpha value is -2.85. The molecule has 3 aromatic rings. The highest BCUT2D eigenvalue weighted by Gasteiger charge is 2.09. The van der Waals surface area contributed by atoms with Crippen LogP contribution in [0.4, 0.5) is 0 Å². The fraction of sp³-hybridized carbons (Fsp3) is 0.227. The van der Waals surface area contributed by atoms with E-state index in [1.54, 1.807) is 0 Å². The van der Waals surface area contributed by atoms with Gasteiger partial charge in [-0.15, -0.1) is 0 Å². The fourth-order valence-electron chi connectivity index (χ4n) is 3.42. The Kier molecular flexibility index (Phi) is 4.59. The number of hydrogen-bond acceptors (Lipinski definition) is 3. The smallest absolute Gasteiger partial charge is 0.140 e. The van der Waals surface area contributed by atoms with Crippen molar-refractivity contribution < 1.29 is 0 Å². The molecule has 0 atom stereocenters. The van der Waals surface area contributed by atoms with Gasteiger partial charge in [0.1, 0.15) is 5.65 Å². The molecule has 1 aliphatic rings. The summed E-state index contributed by atoms with van der Waals surface area (Å²) in [6.07, 6.45) is 7.47. The third-order valence-corrected chi connectivity index (χ3v) is 4.99. The minimum absolute atomic E-state index is 0.814. The van der Waals surface area contributed by atoms with E-state index in [4.69, 9.17) is 4.98 Å². The van der Waals surface area contributed by atoms with E-state index in [-0.39, 0.29) is 0 Å². The molecule has 0 saturated carbocycles. The third kappa shape index (κ3) is 3.28. The maximum absolute atomic E-state index is 4.75. The van der Waals surface area contributed by atoms with Crippen LogP contribution in [0.15, 0.2) is 61.4 Å². The number of rotatable bonds is 5. The molecular weight excluding hydrogens is 320 g/mol. The van der Waals surface area contributed by atoms with E-state index in [0.29, 0.717) is 0 Å². The molecular formula is C22H24N4. The summed E-state index contributed by atoms with van der Waals surface area (Å²) in [6.45, 7) is 6.81. The average molecular weight is 344 g/mol. The van der Waals surface area contributed by atoms with Gasteiger partial charge in [0.05, 0.1) is 0 Å². The van der Waals surface area contributed by atoms with Crippen molar-refractivity contribution in [1.82, 2.24) is 20.2 Å². The van der Waals surface area contributed by atoms with Crippen molar-refractivity contribution in [3.05, 3.63) is 78.1 Å².